The molecule has 2 nitrogen and oxygen atoms in total. The van der Waals surface area contributed by atoms with Gasteiger partial charge in [-0.15, -0.1) is 0 Å². The van der Waals surface area contributed by atoms with Crippen LogP contribution in [0.1, 0.15) is 0 Å². The predicted molar refractivity (Wildman–Crippen MR) is 245 cm³/mol. The Balaban J connectivity index is 1.08. The zero-order valence-electron chi connectivity index (χ0n) is 31.7. The second kappa shape index (κ2) is 14.1. The van der Waals surface area contributed by atoms with Crippen molar-refractivity contribution in [2.75, 3.05) is 4.90 Å². The van der Waals surface area contributed by atoms with E-state index in [1.165, 1.54) is 49.5 Å². The number of hydrogen-bond acceptors (Lipinski definition) is 2. The lowest BCUT2D eigenvalue weighted by molar-refractivity contribution is 0.669. The molecule has 0 aliphatic rings. The van der Waals surface area contributed by atoms with Crippen LogP contribution >= 0.6 is 0 Å². The second-order valence-electron chi connectivity index (χ2n) is 14.9. The first kappa shape index (κ1) is 33.6. The molecule has 2 heteroatoms. The van der Waals surface area contributed by atoms with Crippen LogP contribution in [0, 0.1) is 0 Å². The molecule has 272 valence electrons. The van der Waals surface area contributed by atoms with Crippen LogP contribution in [0.2, 0.25) is 0 Å². The largest absolute Gasteiger partial charge is 0.456 e. The molecule has 10 aromatic carbocycles. The summed E-state index contributed by atoms with van der Waals surface area (Å²) in [4.78, 5) is 2.38. The molecule has 0 N–H and O–H groups in total. The highest BCUT2D eigenvalue weighted by Crippen LogP contribution is 2.44. The molecule has 11 aromatic rings. The fourth-order valence-electron chi connectivity index (χ4n) is 8.57. The lowest BCUT2D eigenvalue weighted by atomic mass is 9.90. The summed E-state index contributed by atoms with van der Waals surface area (Å²) in [6.07, 6.45) is 0. The average Bonchev–Trinajstić information content (AvgIpc) is 3.66. The van der Waals surface area contributed by atoms with Crippen LogP contribution in [0.3, 0.4) is 0 Å². The maximum Gasteiger partial charge on any atom is 0.136 e. The first-order valence-corrected chi connectivity index (χ1v) is 19.8. The molecule has 0 aliphatic heterocycles. The van der Waals surface area contributed by atoms with Crippen LogP contribution in [-0.2, 0) is 0 Å². The van der Waals surface area contributed by atoms with Crippen LogP contribution in [0.5, 0.6) is 0 Å². The van der Waals surface area contributed by atoms with Crippen molar-refractivity contribution in [1.29, 1.82) is 0 Å². The molecule has 0 aliphatic carbocycles. The summed E-state index contributed by atoms with van der Waals surface area (Å²) in [6.45, 7) is 0. The number of hydrogen-bond donors (Lipinski definition) is 0. The third-order valence-electron chi connectivity index (χ3n) is 11.4. The summed E-state index contributed by atoms with van der Waals surface area (Å²) in [7, 11) is 0. The van der Waals surface area contributed by atoms with Crippen molar-refractivity contribution in [1.82, 2.24) is 0 Å². The molecule has 11 rings (SSSR count). The minimum Gasteiger partial charge on any atom is -0.456 e. The highest BCUT2D eigenvalue weighted by Gasteiger charge is 2.19. The van der Waals surface area contributed by atoms with Crippen molar-refractivity contribution in [2.24, 2.45) is 0 Å². The van der Waals surface area contributed by atoms with E-state index in [0.717, 1.165) is 55.5 Å². The molecule has 0 spiro atoms. The average molecular weight is 740 g/mol. The smallest absolute Gasteiger partial charge is 0.136 e. The molecule has 0 unspecified atom stereocenters. The summed E-state index contributed by atoms with van der Waals surface area (Å²) in [5.41, 5.74) is 14.4. The number of anilines is 3. The van der Waals surface area contributed by atoms with Gasteiger partial charge in [0, 0.05) is 27.8 Å². The van der Waals surface area contributed by atoms with Gasteiger partial charge in [0.2, 0.25) is 0 Å². The van der Waals surface area contributed by atoms with Crippen molar-refractivity contribution in [3.63, 3.8) is 0 Å². The molecule has 0 radical (unpaired) electrons. The van der Waals surface area contributed by atoms with Crippen LogP contribution in [0.15, 0.2) is 229 Å². The first-order valence-electron chi connectivity index (χ1n) is 19.8. The number of nitrogens with zero attached hydrogens (tertiary/aromatic N) is 1. The van der Waals surface area contributed by atoms with Gasteiger partial charge >= 0.3 is 0 Å². The van der Waals surface area contributed by atoms with Gasteiger partial charge in [0.25, 0.3) is 0 Å². The Morgan fingerprint density at radius 1 is 0.259 bits per heavy atom. The highest BCUT2D eigenvalue weighted by atomic mass is 16.3. The Kier molecular flexibility index (Phi) is 8.19. The van der Waals surface area contributed by atoms with Gasteiger partial charge in [0.15, 0.2) is 0 Å². The summed E-state index contributed by atoms with van der Waals surface area (Å²) >= 11 is 0. The van der Waals surface area contributed by atoms with E-state index in [1.54, 1.807) is 0 Å². The number of benzene rings is 10. The molecule has 58 heavy (non-hydrogen) atoms. The summed E-state index contributed by atoms with van der Waals surface area (Å²) < 4.78 is 6.41. The fourth-order valence-corrected chi connectivity index (χ4v) is 8.57. The number of fused-ring (bicyclic) bond motifs is 5. The Labute approximate surface area is 337 Å². The molecule has 0 atom stereocenters. The highest BCUT2D eigenvalue weighted by molar-refractivity contribution is 6.13. The Hall–Kier alpha value is -7.68. The van der Waals surface area contributed by atoms with Gasteiger partial charge in [-0.25, -0.2) is 0 Å². The lowest BCUT2D eigenvalue weighted by Crippen LogP contribution is -2.10. The van der Waals surface area contributed by atoms with Crippen LogP contribution in [-0.4, -0.2) is 0 Å². The molecule has 0 amide bonds. The van der Waals surface area contributed by atoms with Crippen LogP contribution < -0.4 is 4.90 Å². The normalized spacial score (nSPS) is 11.4. The third-order valence-corrected chi connectivity index (χ3v) is 11.4. The molecule has 0 saturated carbocycles. The molecule has 0 fully saturated rings. The van der Waals surface area contributed by atoms with Crippen LogP contribution in [0.4, 0.5) is 17.1 Å². The zero-order chi connectivity index (χ0) is 38.4. The van der Waals surface area contributed by atoms with E-state index in [1.807, 2.05) is 12.1 Å². The van der Waals surface area contributed by atoms with Gasteiger partial charge in [-0.3, -0.25) is 0 Å². The molecular formula is C56H37NO. The monoisotopic (exact) mass is 739 g/mol. The number of furan rings is 1. The molecule has 0 bridgehead atoms. The standard InChI is InChI=1S/C56H37NO/c1-3-13-38(14-4-1)43-19-11-21-47(34-43)57(46-29-27-40(28-30-46)44-26-25-39-15-7-8-18-42(39)33-44)48-31-32-50(52(36-48)41-16-5-2-6-17-41)49-23-12-20-45-35-54-51-22-9-10-24-55(51)58-56(54)37-53(45)49/h1-37H. The summed E-state index contributed by atoms with van der Waals surface area (Å²) in [5.74, 6) is 0. The van der Waals surface area contributed by atoms with E-state index < -0.39 is 0 Å². The molecular weight excluding hydrogens is 703 g/mol. The van der Waals surface area contributed by atoms with E-state index in [-0.39, 0.29) is 0 Å². The summed E-state index contributed by atoms with van der Waals surface area (Å²) in [5, 5.41) is 7.11. The molecule has 0 saturated heterocycles. The van der Waals surface area contributed by atoms with Gasteiger partial charge < -0.3 is 9.32 Å². The molecule has 1 heterocycles. The van der Waals surface area contributed by atoms with Gasteiger partial charge in [-0.05, 0) is 127 Å². The predicted octanol–water partition coefficient (Wildman–Crippen LogP) is 16.0. The Bertz CT molecular complexity index is 3270. The lowest BCUT2D eigenvalue weighted by Gasteiger charge is -2.27. The first-order chi connectivity index (χ1) is 28.7. The number of rotatable bonds is 7. The van der Waals surface area contributed by atoms with E-state index in [9.17, 15) is 0 Å². The van der Waals surface area contributed by atoms with Gasteiger partial charge in [-0.2, -0.15) is 0 Å². The van der Waals surface area contributed by atoms with Crippen molar-refractivity contribution in [3.05, 3.63) is 224 Å². The van der Waals surface area contributed by atoms with Crippen molar-refractivity contribution < 1.29 is 4.42 Å². The maximum atomic E-state index is 6.41. The SMILES string of the molecule is c1ccc(-c2cccc(N(c3ccc(-c4ccc5ccccc5c4)cc3)c3ccc(-c4cccc5cc6c(cc45)oc4ccccc46)c(-c4ccccc4)c3)c2)cc1. The van der Waals surface area contributed by atoms with Crippen LogP contribution in [0.25, 0.3) is 88.0 Å². The second-order valence-corrected chi connectivity index (χ2v) is 14.9. The quantitative estimate of drug-likeness (QED) is 0.162. The van der Waals surface area contributed by atoms with E-state index in [2.05, 4.69) is 217 Å². The summed E-state index contributed by atoms with van der Waals surface area (Å²) in [6, 6.07) is 80.8. The van der Waals surface area contributed by atoms with Crippen molar-refractivity contribution in [3.8, 4) is 44.5 Å². The van der Waals surface area contributed by atoms with E-state index in [4.69, 9.17) is 4.42 Å². The minimum absolute atomic E-state index is 0.899. The Morgan fingerprint density at radius 2 is 0.879 bits per heavy atom. The third kappa shape index (κ3) is 6.00. The topological polar surface area (TPSA) is 16.4 Å². The fraction of sp³-hybridized carbons (Fsp3) is 0. The van der Waals surface area contributed by atoms with Gasteiger partial charge in [0.05, 0.1) is 0 Å². The van der Waals surface area contributed by atoms with E-state index >= 15 is 0 Å². The Morgan fingerprint density at radius 3 is 1.72 bits per heavy atom. The maximum absolute atomic E-state index is 6.41. The van der Waals surface area contributed by atoms with E-state index in [0.29, 0.717) is 0 Å². The zero-order valence-corrected chi connectivity index (χ0v) is 31.7. The van der Waals surface area contributed by atoms with Gasteiger partial charge in [-0.1, -0.05) is 164 Å². The minimum atomic E-state index is 0.899. The number of para-hydroxylation sites is 1. The van der Waals surface area contributed by atoms with Crippen molar-refractivity contribution in [2.45, 2.75) is 0 Å². The van der Waals surface area contributed by atoms with Crippen molar-refractivity contribution >= 4 is 60.5 Å². The van der Waals surface area contributed by atoms with Gasteiger partial charge in [0.1, 0.15) is 11.2 Å². The molecule has 1 aromatic heterocycles.